The van der Waals surface area contributed by atoms with Gasteiger partial charge in [0.1, 0.15) is 0 Å². The van der Waals surface area contributed by atoms with Gasteiger partial charge in [-0.05, 0) is 39.0 Å². The van der Waals surface area contributed by atoms with E-state index in [0.717, 1.165) is 59.8 Å². The highest BCUT2D eigenvalue weighted by Crippen LogP contribution is 2.46. The second-order valence-electron chi connectivity index (χ2n) is 9.00. The Morgan fingerprint density at radius 2 is 1.97 bits per heavy atom. The lowest BCUT2D eigenvalue weighted by molar-refractivity contribution is -0.123. The highest BCUT2D eigenvalue weighted by molar-refractivity contribution is 7.51. The number of aromatic nitrogens is 3. The van der Waals surface area contributed by atoms with Crippen LogP contribution in [0.25, 0.3) is 10.8 Å². The molecule has 160 valence electrons. The summed E-state index contributed by atoms with van der Waals surface area (Å²) in [5, 5.41) is 5.87. The standard InChI is InChI=1S/C23H27N6OP/c1-15-13-29-19(23(24-15)16-3-4-16)11-18(25-29)20-12-21(30)28-14-17(5-6-22(28)31-20)27-9-7-26(2)8-10-27/h5-6,11-14,16,22,31H,3-4,7-10H2,1-2H3. The number of hydrogen-bond acceptors (Lipinski definition) is 5. The molecule has 1 saturated carbocycles. The van der Waals surface area contributed by atoms with E-state index >= 15 is 0 Å². The quantitative estimate of drug-likeness (QED) is 0.696. The van der Waals surface area contributed by atoms with Gasteiger partial charge in [0, 0.05) is 49.7 Å². The van der Waals surface area contributed by atoms with Gasteiger partial charge in [-0.3, -0.25) is 9.78 Å². The van der Waals surface area contributed by atoms with Crippen molar-refractivity contribution in [1.82, 2.24) is 29.3 Å². The van der Waals surface area contributed by atoms with Gasteiger partial charge >= 0.3 is 0 Å². The van der Waals surface area contributed by atoms with E-state index in [1.54, 1.807) is 6.08 Å². The van der Waals surface area contributed by atoms with E-state index in [1.807, 2.05) is 28.7 Å². The Labute approximate surface area is 183 Å². The average Bonchev–Trinajstić information content (AvgIpc) is 3.52. The van der Waals surface area contributed by atoms with Crippen LogP contribution in [0.15, 0.2) is 42.4 Å². The van der Waals surface area contributed by atoms with Crippen molar-refractivity contribution in [2.24, 2.45) is 0 Å². The van der Waals surface area contributed by atoms with Crippen LogP contribution in [-0.2, 0) is 4.79 Å². The summed E-state index contributed by atoms with van der Waals surface area (Å²) in [6, 6.07) is 2.12. The van der Waals surface area contributed by atoms with Crippen LogP contribution in [0.3, 0.4) is 0 Å². The van der Waals surface area contributed by atoms with Gasteiger partial charge in [-0.15, -0.1) is 0 Å². The van der Waals surface area contributed by atoms with Gasteiger partial charge in [0.25, 0.3) is 5.91 Å². The minimum absolute atomic E-state index is 0.0449. The first-order valence-electron chi connectivity index (χ1n) is 11.1. The molecule has 0 radical (unpaired) electrons. The summed E-state index contributed by atoms with van der Waals surface area (Å²) >= 11 is 0. The Bertz CT molecular complexity index is 1150. The number of aryl methyl sites for hydroxylation is 1. The molecule has 6 rings (SSSR count). The number of rotatable bonds is 3. The largest absolute Gasteiger partial charge is 0.368 e. The normalized spacial score (nSPS) is 25.2. The number of amides is 1. The number of likely N-dealkylation sites (N-methyl/N-ethyl adjacent to an activating group) is 1. The highest BCUT2D eigenvalue weighted by Gasteiger charge is 2.32. The first-order chi connectivity index (χ1) is 15.0. The molecule has 0 N–H and O–H groups in total. The van der Waals surface area contributed by atoms with E-state index in [4.69, 9.17) is 10.1 Å². The van der Waals surface area contributed by atoms with E-state index in [-0.39, 0.29) is 11.7 Å². The van der Waals surface area contributed by atoms with Crippen LogP contribution in [-0.4, -0.2) is 74.2 Å². The molecular formula is C23H27N6OP. The van der Waals surface area contributed by atoms with Crippen molar-refractivity contribution in [1.29, 1.82) is 0 Å². The zero-order valence-corrected chi connectivity index (χ0v) is 19.0. The summed E-state index contributed by atoms with van der Waals surface area (Å²) in [7, 11) is 2.64. The molecule has 7 nitrogen and oxygen atoms in total. The van der Waals surface area contributed by atoms with Crippen LogP contribution in [0.4, 0.5) is 0 Å². The summed E-state index contributed by atoms with van der Waals surface area (Å²) in [4.78, 5) is 24.4. The molecular weight excluding hydrogens is 407 g/mol. The van der Waals surface area contributed by atoms with E-state index in [0.29, 0.717) is 14.5 Å². The lowest BCUT2D eigenvalue weighted by Gasteiger charge is -2.39. The second kappa shape index (κ2) is 7.28. The maximum Gasteiger partial charge on any atom is 0.252 e. The first-order valence-corrected chi connectivity index (χ1v) is 12.1. The average molecular weight is 434 g/mol. The number of allylic oxidation sites excluding steroid dienone is 1. The van der Waals surface area contributed by atoms with Crippen molar-refractivity contribution in [3.8, 4) is 0 Å². The molecule has 4 aliphatic rings. The minimum Gasteiger partial charge on any atom is -0.368 e. The number of carbonyl (C=O) groups excluding carboxylic acids is 1. The number of hydrogen-bond donors (Lipinski definition) is 0. The van der Waals surface area contributed by atoms with Gasteiger partial charge in [0.05, 0.1) is 40.3 Å². The summed E-state index contributed by atoms with van der Waals surface area (Å²) in [6.45, 7) is 6.13. The number of carbonyl (C=O) groups is 1. The molecule has 0 aromatic carbocycles. The molecule has 8 heteroatoms. The molecule has 0 spiro atoms. The predicted molar refractivity (Wildman–Crippen MR) is 123 cm³/mol. The lowest BCUT2D eigenvalue weighted by Crippen LogP contribution is -2.45. The molecule has 2 atom stereocenters. The summed E-state index contributed by atoms with van der Waals surface area (Å²) < 4.78 is 1.95. The predicted octanol–water partition coefficient (Wildman–Crippen LogP) is 2.76. The molecule has 2 aromatic rings. The first kappa shape index (κ1) is 19.2. The molecule has 5 heterocycles. The van der Waals surface area contributed by atoms with Crippen LogP contribution >= 0.6 is 8.58 Å². The Morgan fingerprint density at radius 3 is 2.74 bits per heavy atom. The molecule has 1 saturated heterocycles. The molecule has 1 aliphatic carbocycles. The maximum absolute atomic E-state index is 13.0. The molecule has 2 aromatic heterocycles. The third kappa shape index (κ3) is 3.50. The van der Waals surface area contributed by atoms with Crippen molar-refractivity contribution >= 4 is 25.3 Å². The van der Waals surface area contributed by atoms with Gasteiger partial charge in [0.15, 0.2) is 0 Å². The Balaban J connectivity index is 1.29. The van der Waals surface area contributed by atoms with Gasteiger partial charge in [-0.2, -0.15) is 5.10 Å². The Morgan fingerprint density at radius 1 is 1.16 bits per heavy atom. The third-order valence-corrected chi connectivity index (χ3v) is 8.04. The fourth-order valence-corrected chi connectivity index (χ4v) is 5.92. The number of nitrogens with zero attached hydrogens (tertiary/aromatic N) is 6. The smallest absolute Gasteiger partial charge is 0.252 e. The second-order valence-corrected chi connectivity index (χ2v) is 10.4. The Hall–Kier alpha value is -2.50. The van der Waals surface area contributed by atoms with Gasteiger partial charge < -0.3 is 14.7 Å². The van der Waals surface area contributed by atoms with Crippen LogP contribution in [0.2, 0.25) is 0 Å². The van der Waals surface area contributed by atoms with Crippen molar-refractivity contribution < 1.29 is 4.79 Å². The number of piperazine rings is 1. The zero-order valence-electron chi connectivity index (χ0n) is 18.0. The molecule has 1 amide bonds. The summed E-state index contributed by atoms with van der Waals surface area (Å²) in [5.74, 6) is 0.686. The molecule has 0 bridgehead atoms. The van der Waals surface area contributed by atoms with E-state index in [9.17, 15) is 4.79 Å². The Kier molecular flexibility index (Phi) is 4.51. The molecule has 3 aliphatic heterocycles. The fourth-order valence-electron chi connectivity index (χ4n) is 4.59. The SMILES string of the molecule is Cc1cn2nc(C3=CC(=O)N4C=C(N5CCN(C)CC5)C=CC4P3)cc2c(C2CC2)n1. The van der Waals surface area contributed by atoms with E-state index < -0.39 is 0 Å². The van der Waals surface area contributed by atoms with Crippen LogP contribution in [0.1, 0.15) is 35.8 Å². The topological polar surface area (TPSA) is 57.0 Å². The van der Waals surface area contributed by atoms with Crippen molar-refractivity contribution in [2.75, 3.05) is 33.2 Å². The van der Waals surface area contributed by atoms with Crippen LogP contribution < -0.4 is 0 Å². The van der Waals surface area contributed by atoms with Gasteiger partial charge in [0.2, 0.25) is 0 Å². The van der Waals surface area contributed by atoms with Crippen LogP contribution in [0, 0.1) is 6.92 Å². The zero-order chi connectivity index (χ0) is 21.1. The monoisotopic (exact) mass is 434 g/mol. The van der Waals surface area contributed by atoms with Crippen molar-refractivity contribution in [3.05, 3.63) is 59.5 Å². The summed E-state index contributed by atoms with van der Waals surface area (Å²) in [5.41, 5.74) is 5.28. The lowest BCUT2D eigenvalue weighted by atomic mass is 10.2. The maximum atomic E-state index is 13.0. The van der Waals surface area contributed by atoms with Gasteiger partial charge in [-0.1, -0.05) is 14.7 Å². The van der Waals surface area contributed by atoms with E-state index in [1.165, 1.54) is 12.8 Å². The molecule has 2 unspecified atom stereocenters. The van der Waals surface area contributed by atoms with Crippen LogP contribution in [0.5, 0.6) is 0 Å². The number of fused-ring (bicyclic) bond motifs is 2. The minimum atomic E-state index is 0.0449. The van der Waals surface area contributed by atoms with Crippen molar-refractivity contribution in [2.45, 2.75) is 31.5 Å². The fraction of sp³-hybridized carbons (Fsp3) is 0.435. The third-order valence-electron chi connectivity index (χ3n) is 6.56. The molecule has 31 heavy (non-hydrogen) atoms. The van der Waals surface area contributed by atoms with E-state index in [2.05, 4.69) is 35.1 Å². The molecule has 2 fully saturated rings. The summed E-state index contributed by atoms with van der Waals surface area (Å²) in [6.07, 6.45) is 12.6. The van der Waals surface area contributed by atoms with Gasteiger partial charge in [-0.25, -0.2) is 4.52 Å². The highest BCUT2D eigenvalue weighted by atomic mass is 31.1. The van der Waals surface area contributed by atoms with Crippen molar-refractivity contribution in [3.63, 3.8) is 0 Å².